The maximum Gasteiger partial charge on any atom is 0.214 e. The number of halogens is 3. The van der Waals surface area contributed by atoms with Crippen molar-refractivity contribution in [2.75, 3.05) is 6.61 Å². The minimum Gasteiger partial charge on any atom is -0.473 e. The zero-order valence-corrected chi connectivity index (χ0v) is 18.3. The third-order valence-electron chi connectivity index (χ3n) is 5.81. The lowest BCUT2D eigenvalue weighted by atomic mass is 10.1. The Morgan fingerprint density at radius 3 is 2.59 bits per heavy atom. The van der Waals surface area contributed by atoms with Gasteiger partial charge in [-0.2, -0.15) is 0 Å². The van der Waals surface area contributed by atoms with Gasteiger partial charge in [0.05, 0.1) is 18.3 Å². The van der Waals surface area contributed by atoms with E-state index in [0.717, 1.165) is 24.9 Å². The van der Waals surface area contributed by atoms with Crippen LogP contribution in [0.15, 0.2) is 67.0 Å². The van der Waals surface area contributed by atoms with Crippen molar-refractivity contribution in [3.8, 4) is 17.1 Å². The molecule has 1 atom stereocenters. The van der Waals surface area contributed by atoms with Crippen LogP contribution < -0.4 is 4.74 Å². The molecule has 2 aromatic heterocycles. The van der Waals surface area contributed by atoms with E-state index in [2.05, 4.69) is 9.97 Å². The molecule has 0 amide bonds. The lowest BCUT2D eigenvalue weighted by Crippen LogP contribution is -2.31. The predicted molar refractivity (Wildman–Crippen MR) is 120 cm³/mol. The van der Waals surface area contributed by atoms with E-state index in [1.165, 1.54) is 18.2 Å². The minimum absolute atomic E-state index is 0.103. The van der Waals surface area contributed by atoms with Crippen molar-refractivity contribution in [3.63, 3.8) is 0 Å². The molecular formula is C26H22F3N3O2. The number of aromatic nitrogens is 3. The molecule has 1 fully saturated rings. The van der Waals surface area contributed by atoms with E-state index in [1.54, 1.807) is 36.5 Å². The third kappa shape index (κ3) is 4.97. The molecule has 0 aliphatic carbocycles. The molecule has 8 heteroatoms. The number of ether oxygens (including phenoxy) is 2. The molecule has 3 heterocycles. The fraction of sp³-hybridized carbons (Fsp3) is 0.231. The van der Waals surface area contributed by atoms with Crippen molar-refractivity contribution in [3.05, 3.63) is 101 Å². The smallest absolute Gasteiger partial charge is 0.214 e. The number of hydrogen-bond donors (Lipinski definition) is 0. The number of pyridine rings is 1. The van der Waals surface area contributed by atoms with E-state index in [1.807, 2.05) is 10.8 Å². The van der Waals surface area contributed by atoms with Crippen LogP contribution in [0.2, 0.25) is 0 Å². The van der Waals surface area contributed by atoms with Crippen LogP contribution in [-0.2, 0) is 24.3 Å². The van der Waals surface area contributed by atoms with Gasteiger partial charge < -0.3 is 14.0 Å². The van der Waals surface area contributed by atoms with Crippen LogP contribution in [0, 0.1) is 17.5 Å². The lowest BCUT2D eigenvalue weighted by Gasteiger charge is -2.27. The number of rotatable bonds is 8. The van der Waals surface area contributed by atoms with Crippen molar-refractivity contribution in [1.29, 1.82) is 0 Å². The molecular weight excluding hydrogens is 443 g/mol. The first-order chi connectivity index (χ1) is 16.5. The van der Waals surface area contributed by atoms with Gasteiger partial charge in [-0.15, -0.1) is 0 Å². The van der Waals surface area contributed by atoms with Crippen molar-refractivity contribution in [2.24, 2.45) is 0 Å². The molecule has 1 aliphatic heterocycles. The second-order valence-electron chi connectivity index (χ2n) is 8.15. The van der Waals surface area contributed by atoms with E-state index in [-0.39, 0.29) is 30.0 Å². The Bertz CT molecular complexity index is 1300. The van der Waals surface area contributed by atoms with Crippen LogP contribution in [-0.4, -0.2) is 27.2 Å². The fourth-order valence-corrected chi connectivity index (χ4v) is 3.79. The molecule has 0 bridgehead atoms. The standard InChI is InChI=1S/C26H22F3N3O2/c27-20-7-6-19(23(29)14-20)16-34-26-3-1-2-24(31-26)18-5-4-17(22(28)12-18)13-25-30-9-10-32(25)15-21-8-11-33-21/h1-7,9-10,12,14,21H,8,11,13,15-16H2/t21-/m0/s1. The molecule has 5 nitrogen and oxygen atoms in total. The molecule has 0 saturated carbocycles. The molecule has 0 unspecified atom stereocenters. The fourth-order valence-electron chi connectivity index (χ4n) is 3.79. The molecule has 1 aliphatic rings. The van der Waals surface area contributed by atoms with Crippen LogP contribution in [0.5, 0.6) is 5.88 Å². The van der Waals surface area contributed by atoms with Gasteiger partial charge in [0.1, 0.15) is 29.9 Å². The van der Waals surface area contributed by atoms with Gasteiger partial charge in [-0.3, -0.25) is 0 Å². The summed E-state index contributed by atoms with van der Waals surface area (Å²) >= 11 is 0. The van der Waals surface area contributed by atoms with Crippen LogP contribution in [0.25, 0.3) is 11.3 Å². The van der Waals surface area contributed by atoms with Gasteiger partial charge in [0, 0.05) is 48.7 Å². The number of imidazole rings is 1. The normalized spacial score (nSPS) is 15.2. The van der Waals surface area contributed by atoms with Gasteiger partial charge >= 0.3 is 0 Å². The highest BCUT2D eigenvalue weighted by molar-refractivity contribution is 5.60. The third-order valence-corrected chi connectivity index (χ3v) is 5.81. The van der Waals surface area contributed by atoms with E-state index in [0.29, 0.717) is 29.8 Å². The maximum atomic E-state index is 15.0. The van der Waals surface area contributed by atoms with Crippen molar-refractivity contribution < 1.29 is 22.6 Å². The van der Waals surface area contributed by atoms with Gasteiger partial charge in [0.25, 0.3) is 0 Å². The van der Waals surface area contributed by atoms with Crippen LogP contribution >= 0.6 is 0 Å². The quantitative estimate of drug-likeness (QED) is 0.353. The zero-order chi connectivity index (χ0) is 23.5. The molecule has 174 valence electrons. The summed E-state index contributed by atoms with van der Waals surface area (Å²) in [4.78, 5) is 8.78. The van der Waals surface area contributed by atoms with Crippen LogP contribution in [0.4, 0.5) is 13.2 Å². The first-order valence-corrected chi connectivity index (χ1v) is 11.0. The highest BCUT2D eigenvalue weighted by Gasteiger charge is 2.20. The molecule has 0 spiro atoms. The Morgan fingerprint density at radius 1 is 1.00 bits per heavy atom. The summed E-state index contributed by atoms with van der Waals surface area (Å²) in [5.41, 5.74) is 1.85. The van der Waals surface area contributed by atoms with Gasteiger partial charge in [-0.25, -0.2) is 23.1 Å². The van der Waals surface area contributed by atoms with E-state index < -0.39 is 11.6 Å². The first-order valence-electron chi connectivity index (χ1n) is 11.0. The molecule has 1 saturated heterocycles. The molecule has 4 aromatic rings. The summed E-state index contributed by atoms with van der Waals surface area (Å²) in [6, 6.07) is 13.4. The number of hydrogen-bond acceptors (Lipinski definition) is 4. The van der Waals surface area contributed by atoms with E-state index >= 15 is 0 Å². The summed E-state index contributed by atoms with van der Waals surface area (Å²) < 4.78 is 54.9. The second-order valence-corrected chi connectivity index (χ2v) is 8.15. The topological polar surface area (TPSA) is 49.2 Å². The van der Waals surface area contributed by atoms with Gasteiger partial charge in [0.2, 0.25) is 5.88 Å². The number of nitrogens with zero attached hydrogens (tertiary/aromatic N) is 3. The molecule has 5 rings (SSSR count). The average Bonchev–Trinajstić information content (AvgIpc) is 3.24. The highest BCUT2D eigenvalue weighted by atomic mass is 19.1. The Kier molecular flexibility index (Phi) is 6.31. The Hall–Kier alpha value is -3.65. The molecule has 2 aromatic carbocycles. The summed E-state index contributed by atoms with van der Waals surface area (Å²) in [6.45, 7) is 1.40. The molecule has 0 radical (unpaired) electrons. The largest absolute Gasteiger partial charge is 0.473 e. The van der Waals surface area contributed by atoms with E-state index in [4.69, 9.17) is 9.47 Å². The van der Waals surface area contributed by atoms with Gasteiger partial charge in [-0.05, 0) is 36.2 Å². The van der Waals surface area contributed by atoms with E-state index in [9.17, 15) is 13.2 Å². The monoisotopic (exact) mass is 465 g/mol. The van der Waals surface area contributed by atoms with Crippen molar-refractivity contribution in [1.82, 2.24) is 14.5 Å². The molecule has 0 N–H and O–H groups in total. The predicted octanol–water partition coefficient (Wildman–Crippen LogP) is 5.32. The summed E-state index contributed by atoms with van der Waals surface area (Å²) in [7, 11) is 0. The Balaban J connectivity index is 1.28. The Morgan fingerprint density at radius 2 is 1.82 bits per heavy atom. The van der Waals surface area contributed by atoms with Crippen molar-refractivity contribution in [2.45, 2.75) is 32.1 Å². The average molecular weight is 465 g/mol. The van der Waals surface area contributed by atoms with Crippen LogP contribution in [0.1, 0.15) is 23.4 Å². The van der Waals surface area contributed by atoms with Gasteiger partial charge in [-0.1, -0.05) is 18.2 Å². The molecule has 34 heavy (non-hydrogen) atoms. The highest BCUT2D eigenvalue weighted by Crippen LogP contribution is 2.24. The zero-order valence-electron chi connectivity index (χ0n) is 18.3. The van der Waals surface area contributed by atoms with Crippen LogP contribution in [0.3, 0.4) is 0 Å². The summed E-state index contributed by atoms with van der Waals surface area (Å²) in [5.74, 6) is -0.652. The number of benzene rings is 2. The second kappa shape index (κ2) is 9.69. The van der Waals surface area contributed by atoms with Gasteiger partial charge in [0.15, 0.2) is 0 Å². The minimum atomic E-state index is -0.685. The van der Waals surface area contributed by atoms with Crippen molar-refractivity contribution >= 4 is 0 Å². The summed E-state index contributed by atoms with van der Waals surface area (Å²) in [5, 5.41) is 0. The lowest BCUT2D eigenvalue weighted by molar-refractivity contribution is -0.0595. The summed E-state index contributed by atoms with van der Waals surface area (Å²) in [6.07, 6.45) is 5.19. The SMILES string of the molecule is Fc1ccc(COc2cccc(-c3ccc(Cc4nccn4C[C@@H]4CCO4)c(F)c3)n2)c(F)c1. The first kappa shape index (κ1) is 22.2. The Labute approximate surface area is 194 Å². The maximum absolute atomic E-state index is 15.0.